The number of aliphatic hydroxyl groups excluding tert-OH is 1. The molecule has 0 aromatic rings. The van der Waals surface area contributed by atoms with Crippen molar-refractivity contribution in [2.24, 2.45) is 0 Å². The number of carbonyl (C=O) groups excluding carboxylic acids is 1. The second-order valence-corrected chi connectivity index (χ2v) is 17.7. The third-order valence-corrected chi connectivity index (χ3v) is 12.8. The number of ether oxygens (including phenoxy) is 5. The first-order chi connectivity index (χ1) is 18.7. The van der Waals surface area contributed by atoms with Crippen molar-refractivity contribution in [1.29, 1.82) is 0 Å². The molecule has 0 aliphatic carbocycles. The van der Waals surface area contributed by atoms with Crippen LogP contribution in [0.1, 0.15) is 92.9 Å². The predicted octanol–water partition coefficient (Wildman–Crippen LogP) is 6.42. The summed E-state index contributed by atoms with van der Waals surface area (Å²) in [5.41, 5.74) is 0. The lowest BCUT2D eigenvalue weighted by Crippen LogP contribution is -2.57. The Balaban J connectivity index is 2.12. The van der Waals surface area contributed by atoms with E-state index in [1.54, 1.807) is 6.08 Å². The van der Waals surface area contributed by atoms with Gasteiger partial charge in [-0.05, 0) is 64.6 Å². The molecule has 2 rings (SSSR count). The van der Waals surface area contributed by atoms with Crippen molar-refractivity contribution >= 4 is 14.3 Å². The van der Waals surface area contributed by atoms with Crippen molar-refractivity contribution in [2.45, 2.75) is 166 Å². The van der Waals surface area contributed by atoms with Crippen LogP contribution in [0.3, 0.4) is 0 Å². The Labute approximate surface area is 243 Å². The van der Waals surface area contributed by atoms with E-state index in [2.05, 4.69) is 53.9 Å². The summed E-state index contributed by atoms with van der Waals surface area (Å²) in [6, 6.07) is 0. The van der Waals surface area contributed by atoms with Crippen molar-refractivity contribution in [2.75, 3.05) is 0 Å². The van der Waals surface area contributed by atoms with Crippen molar-refractivity contribution in [3.63, 3.8) is 0 Å². The van der Waals surface area contributed by atoms with E-state index in [9.17, 15) is 9.90 Å². The lowest BCUT2D eigenvalue weighted by molar-refractivity contribution is -0.336. The van der Waals surface area contributed by atoms with Crippen molar-refractivity contribution in [3.05, 3.63) is 25.3 Å². The molecule has 2 fully saturated rings. The summed E-state index contributed by atoms with van der Waals surface area (Å²) in [4.78, 5) is 12.1. The second-order valence-electron chi connectivity index (χ2n) is 12.9. The molecule has 8 nitrogen and oxygen atoms in total. The third kappa shape index (κ3) is 10.6. The first kappa shape index (κ1) is 35.1. The minimum absolute atomic E-state index is 0.0264. The lowest BCUT2D eigenvalue weighted by Gasteiger charge is -2.47. The first-order valence-corrected chi connectivity index (χ1v) is 18.0. The molecule has 232 valence electrons. The van der Waals surface area contributed by atoms with Gasteiger partial charge in [0.1, 0.15) is 18.3 Å². The second kappa shape index (κ2) is 16.0. The summed E-state index contributed by atoms with van der Waals surface area (Å²) in [6.07, 6.45) is 4.83. The molecule has 2 aliphatic heterocycles. The van der Waals surface area contributed by atoms with Gasteiger partial charge in [0.15, 0.2) is 20.9 Å². The van der Waals surface area contributed by atoms with Gasteiger partial charge in [-0.15, -0.1) is 13.2 Å². The Morgan fingerprint density at radius 1 is 1.00 bits per heavy atom. The van der Waals surface area contributed by atoms with Gasteiger partial charge in [-0.3, -0.25) is 4.79 Å². The van der Waals surface area contributed by atoms with Gasteiger partial charge >= 0.3 is 5.97 Å². The molecule has 0 bridgehead atoms. The molecular weight excluding hydrogens is 528 g/mol. The van der Waals surface area contributed by atoms with Crippen molar-refractivity contribution < 1.29 is 38.0 Å². The van der Waals surface area contributed by atoms with E-state index in [1.807, 2.05) is 19.9 Å². The smallest absolute Gasteiger partial charge is 0.306 e. The van der Waals surface area contributed by atoms with Crippen LogP contribution in [-0.4, -0.2) is 74.7 Å². The van der Waals surface area contributed by atoms with Gasteiger partial charge in [-0.1, -0.05) is 39.3 Å². The van der Waals surface area contributed by atoms with Crippen LogP contribution < -0.4 is 0 Å². The molecule has 2 aliphatic rings. The van der Waals surface area contributed by atoms with Crippen LogP contribution in [0.15, 0.2) is 25.3 Å². The molecule has 9 heteroatoms. The molecule has 2 saturated heterocycles. The Morgan fingerprint density at radius 2 is 1.62 bits per heavy atom. The topological polar surface area (TPSA) is 92.7 Å². The fourth-order valence-electron chi connectivity index (χ4n) is 4.69. The molecule has 0 aromatic carbocycles. The molecule has 40 heavy (non-hydrogen) atoms. The highest BCUT2D eigenvalue weighted by Gasteiger charge is 2.47. The van der Waals surface area contributed by atoms with Crippen LogP contribution in [0.25, 0.3) is 0 Å². The molecule has 0 radical (unpaired) electrons. The number of rotatable bonds is 15. The Hall–Kier alpha value is -1.07. The van der Waals surface area contributed by atoms with Gasteiger partial charge in [0.2, 0.25) is 0 Å². The molecule has 2 heterocycles. The van der Waals surface area contributed by atoms with E-state index in [4.69, 9.17) is 28.1 Å². The zero-order valence-corrected chi connectivity index (χ0v) is 27.2. The number of allylic oxidation sites excluding steroid dienone is 2. The van der Waals surface area contributed by atoms with Crippen LogP contribution in [0.5, 0.6) is 0 Å². The molecule has 9 atom stereocenters. The standard InChI is InChI=1S/C31H56O8Si/c1-11-13-15-16-17-21(3)34-30-27(20-26(23(5)36-30)39-40(9,10)31(6,7)8)38-29-24(32)19-25(22(4)35-29)37-28(33)18-14-12-2/h11-12,21-27,29-30,32H,1-2,13-20H2,3-10H3/t21-,22+,23+,24-,25-,26-,27-,29+,30-/m1/s1. The normalized spacial score (nSPS) is 32.3. The number of hydrogen-bond acceptors (Lipinski definition) is 8. The largest absolute Gasteiger partial charge is 0.459 e. The highest BCUT2D eigenvalue weighted by Crippen LogP contribution is 2.40. The highest BCUT2D eigenvalue weighted by molar-refractivity contribution is 6.74. The van der Waals surface area contributed by atoms with Crippen LogP contribution in [0.4, 0.5) is 0 Å². The fourth-order valence-corrected chi connectivity index (χ4v) is 6.09. The van der Waals surface area contributed by atoms with E-state index in [0.717, 1.165) is 25.7 Å². The monoisotopic (exact) mass is 584 g/mol. The summed E-state index contributed by atoms with van der Waals surface area (Å²) in [5.74, 6) is -0.331. The molecule has 0 aromatic heterocycles. The Morgan fingerprint density at radius 3 is 2.25 bits per heavy atom. The van der Waals surface area contributed by atoms with E-state index >= 15 is 0 Å². The van der Waals surface area contributed by atoms with E-state index in [-0.39, 0.29) is 42.2 Å². The molecular formula is C31H56O8Si. The summed E-state index contributed by atoms with van der Waals surface area (Å²) in [5, 5.41) is 11.0. The fraction of sp³-hybridized carbons (Fsp3) is 0.839. The van der Waals surface area contributed by atoms with E-state index in [0.29, 0.717) is 12.8 Å². The highest BCUT2D eigenvalue weighted by atomic mass is 28.4. The van der Waals surface area contributed by atoms with E-state index < -0.39 is 45.3 Å². The van der Waals surface area contributed by atoms with Crippen LogP contribution >= 0.6 is 0 Å². The van der Waals surface area contributed by atoms with Crippen molar-refractivity contribution in [1.82, 2.24) is 0 Å². The molecule has 1 N–H and O–H groups in total. The average molecular weight is 585 g/mol. The number of unbranched alkanes of at least 4 members (excludes halogenated alkanes) is 2. The number of aliphatic hydroxyl groups is 1. The summed E-state index contributed by atoms with van der Waals surface area (Å²) >= 11 is 0. The maximum Gasteiger partial charge on any atom is 0.306 e. The number of hydrogen-bond donors (Lipinski definition) is 1. The molecule has 0 amide bonds. The minimum atomic E-state index is -2.07. The van der Waals surface area contributed by atoms with Crippen molar-refractivity contribution in [3.8, 4) is 0 Å². The number of esters is 1. The molecule has 0 unspecified atom stereocenters. The summed E-state index contributed by atoms with van der Waals surface area (Å²) in [6.45, 7) is 24.5. The van der Waals surface area contributed by atoms with Gasteiger partial charge in [0, 0.05) is 19.3 Å². The minimum Gasteiger partial charge on any atom is -0.459 e. The first-order valence-electron chi connectivity index (χ1n) is 15.1. The van der Waals surface area contributed by atoms with Gasteiger partial charge in [-0.2, -0.15) is 0 Å². The maximum absolute atomic E-state index is 12.1. The van der Waals surface area contributed by atoms with Crippen LogP contribution in [0, 0.1) is 0 Å². The summed E-state index contributed by atoms with van der Waals surface area (Å²) < 4.78 is 37.6. The van der Waals surface area contributed by atoms with E-state index in [1.165, 1.54) is 0 Å². The van der Waals surface area contributed by atoms with Crippen LogP contribution in [0.2, 0.25) is 18.1 Å². The zero-order chi connectivity index (χ0) is 30.1. The van der Waals surface area contributed by atoms with Crippen LogP contribution in [-0.2, 0) is 32.9 Å². The molecule has 0 saturated carbocycles. The maximum atomic E-state index is 12.1. The summed E-state index contributed by atoms with van der Waals surface area (Å²) in [7, 11) is -2.07. The Kier molecular flexibility index (Phi) is 14.0. The average Bonchev–Trinajstić information content (AvgIpc) is 2.85. The van der Waals surface area contributed by atoms with Gasteiger partial charge in [-0.25, -0.2) is 0 Å². The SMILES string of the molecule is C=CCCCC[C@@H](C)O[C@@H]1O[C@@H](C)[C@H](O[Si](C)(C)C(C)(C)C)C[C@H]1O[C@@H]1O[C@@H](C)[C@H](OC(=O)CCC=C)C[C@H]1O. The van der Waals surface area contributed by atoms with Gasteiger partial charge < -0.3 is 33.2 Å². The lowest BCUT2D eigenvalue weighted by atomic mass is 10.0. The van der Waals surface area contributed by atoms with Gasteiger partial charge in [0.05, 0.1) is 24.4 Å². The molecule has 0 spiro atoms. The number of carbonyl (C=O) groups is 1. The third-order valence-electron chi connectivity index (χ3n) is 8.33. The van der Waals surface area contributed by atoms with Gasteiger partial charge in [0.25, 0.3) is 0 Å². The Bertz CT molecular complexity index is 797. The zero-order valence-electron chi connectivity index (χ0n) is 26.2. The quantitative estimate of drug-likeness (QED) is 0.102. The predicted molar refractivity (Wildman–Crippen MR) is 159 cm³/mol.